The number of rotatable bonds is 1. The van der Waals surface area contributed by atoms with Crippen LogP contribution in [-0.4, -0.2) is 0 Å². The zero-order valence-electron chi connectivity index (χ0n) is 8.55. The Bertz CT molecular complexity index is 241. The van der Waals surface area contributed by atoms with Crippen LogP contribution in [0.3, 0.4) is 0 Å². The van der Waals surface area contributed by atoms with Crippen LogP contribution in [0.25, 0.3) is 0 Å². The van der Waals surface area contributed by atoms with E-state index in [1.165, 1.54) is 11.1 Å². The van der Waals surface area contributed by atoms with Crippen LogP contribution in [0.5, 0.6) is 0 Å². The normalized spacial score (nSPS) is 10.8. The maximum atomic E-state index is 3.82. The van der Waals surface area contributed by atoms with Crippen molar-refractivity contribution in [3.05, 3.63) is 42.3 Å². The summed E-state index contributed by atoms with van der Waals surface area (Å²) in [7, 11) is 0. The summed E-state index contributed by atoms with van der Waals surface area (Å²) in [6.45, 7) is 10.4. The van der Waals surface area contributed by atoms with E-state index >= 15 is 0 Å². The molecule has 0 aromatic heterocycles. The van der Waals surface area contributed by atoms with Crippen molar-refractivity contribution in [3.63, 3.8) is 0 Å². The molecule has 0 bridgehead atoms. The molecule has 13 heavy (non-hydrogen) atoms. The van der Waals surface area contributed by atoms with Gasteiger partial charge in [-0.2, -0.15) is 41.8 Å². The third-order valence-corrected chi connectivity index (χ3v) is 2.01. The summed E-state index contributed by atoms with van der Waals surface area (Å²) in [5, 5.41) is 0. The molecule has 0 saturated heterocycles. The standard InChI is InChI=1S/C12H16.W/c1-5-10-6-8-11(9-7-10)12(2,3)4;/h6,8-9H,1,5H2,2-4H3;/q-2;+2. The molecule has 0 N–H and O–H groups in total. The Balaban J connectivity index is 0.00000144. The molecule has 70 valence electrons. The van der Waals surface area contributed by atoms with Gasteiger partial charge in [0.15, 0.2) is 0 Å². The van der Waals surface area contributed by atoms with Gasteiger partial charge in [0.05, 0.1) is 0 Å². The zero-order chi connectivity index (χ0) is 9.19. The van der Waals surface area contributed by atoms with Crippen molar-refractivity contribution in [2.24, 2.45) is 0 Å². The molecular weight excluding hydrogens is 328 g/mol. The van der Waals surface area contributed by atoms with E-state index in [9.17, 15) is 0 Å². The summed E-state index contributed by atoms with van der Waals surface area (Å²) in [5.41, 5.74) is 2.75. The second-order valence-electron chi connectivity index (χ2n) is 4.10. The third kappa shape index (κ3) is 3.65. The third-order valence-electron chi connectivity index (χ3n) is 2.01. The van der Waals surface area contributed by atoms with Gasteiger partial charge in [-0.25, -0.2) is 0 Å². The van der Waals surface area contributed by atoms with Crippen molar-refractivity contribution in [1.82, 2.24) is 0 Å². The molecule has 1 aromatic rings. The monoisotopic (exact) mass is 344 g/mol. The molecule has 0 nitrogen and oxygen atoms in total. The molecular formula is C12H16W. The van der Waals surface area contributed by atoms with Gasteiger partial charge in [0, 0.05) is 0 Å². The molecule has 0 atom stereocenters. The van der Waals surface area contributed by atoms with Crippen LogP contribution in [0.15, 0.2) is 18.2 Å². The van der Waals surface area contributed by atoms with Crippen molar-refractivity contribution < 1.29 is 21.1 Å². The molecule has 0 spiro atoms. The van der Waals surface area contributed by atoms with Gasteiger partial charge in [-0.3, -0.25) is 0 Å². The van der Waals surface area contributed by atoms with Crippen molar-refractivity contribution in [3.8, 4) is 0 Å². The van der Waals surface area contributed by atoms with E-state index in [2.05, 4.69) is 52.0 Å². The first kappa shape index (κ1) is 12.9. The minimum atomic E-state index is 0. The summed E-state index contributed by atoms with van der Waals surface area (Å²) >= 11 is 0. The van der Waals surface area contributed by atoms with Crippen LogP contribution in [-0.2, 0) is 32.9 Å². The number of hydrogen-bond donors (Lipinski definition) is 0. The number of benzene rings is 1. The molecule has 0 aliphatic heterocycles. The Morgan fingerprint density at radius 3 is 2.23 bits per heavy atom. The van der Waals surface area contributed by atoms with Crippen LogP contribution in [0.2, 0.25) is 0 Å². The van der Waals surface area contributed by atoms with Crippen LogP contribution in [0.4, 0.5) is 0 Å². The van der Waals surface area contributed by atoms with Gasteiger partial charge in [-0.1, -0.05) is 26.2 Å². The summed E-state index contributed by atoms with van der Waals surface area (Å²) < 4.78 is 0. The largest absolute Gasteiger partial charge is 2.00 e. The van der Waals surface area contributed by atoms with Gasteiger partial charge in [0.1, 0.15) is 0 Å². The van der Waals surface area contributed by atoms with Gasteiger partial charge in [-0.15, -0.1) is 0 Å². The molecule has 0 fully saturated rings. The van der Waals surface area contributed by atoms with E-state index in [1.54, 1.807) is 0 Å². The first-order valence-corrected chi connectivity index (χ1v) is 4.34. The van der Waals surface area contributed by atoms with E-state index < -0.39 is 0 Å². The van der Waals surface area contributed by atoms with E-state index in [1.807, 2.05) is 0 Å². The smallest absolute Gasteiger partial charge is 0.341 e. The summed E-state index contributed by atoms with van der Waals surface area (Å²) in [6.07, 6.45) is 0.824. The van der Waals surface area contributed by atoms with Gasteiger partial charge in [0.25, 0.3) is 0 Å². The van der Waals surface area contributed by atoms with Crippen LogP contribution >= 0.6 is 0 Å². The predicted molar refractivity (Wildman–Crippen MR) is 53.0 cm³/mol. The molecule has 0 aliphatic carbocycles. The van der Waals surface area contributed by atoms with Crippen molar-refractivity contribution >= 4 is 0 Å². The van der Waals surface area contributed by atoms with E-state index in [-0.39, 0.29) is 26.5 Å². The second-order valence-corrected chi connectivity index (χ2v) is 4.10. The summed E-state index contributed by atoms with van der Waals surface area (Å²) in [4.78, 5) is 0. The first-order chi connectivity index (χ1) is 5.54. The second kappa shape index (κ2) is 4.96. The molecule has 0 heterocycles. The Labute approximate surface area is 96.0 Å². The minimum absolute atomic E-state index is 0. The fraction of sp³-hybridized carbons (Fsp3) is 0.417. The van der Waals surface area contributed by atoms with Gasteiger partial charge < -0.3 is 6.92 Å². The molecule has 0 amide bonds. The molecule has 1 heteroatoms. The quantitative estimate of drug-likeness (QED) is 0.687. The fourth-order valence-electron chi connectivity index (χ4n) is 1.08. The molecule has 1 rings (SSSR count). The van der Waals surface area contributed by atoms with E-state index in [0.717, 1.165) is 6.42 Å². The fourth-order valence-corrected chi connectivity index (χ4v) is 1.08. The summed E-state index contributed by atoms with van der Waals surface area (Å²) in [6, 6.07) is 9.57. The van der Waals surface area contributed by atoms with Crippen molar-refractivity contribution in [1.29, 1.82) is 0 Å². The Kier molecular flexibility index (Phi) is 4.92. The van der Waals surface area contributed by atoms with Crippen molar-refractivity contribution in [2.75, 3.05) is 0 Å². The van der Waals surface area contributed by atoms with E-state index in [0.29, 0.717) is 0 Å². The van der Waals surface area contributed by atoms with Crippen LogP contribution in [0.1, 0.15) is 31.9 Å². The zero-order valence-corrected chi connectivity index (χ0v) is 11.5. The minimum Gasteiger partial charge on any atom is -0.341 e. The van der Waals surface area contributed by atoms with Crippen LogP contribution in [0, 0.1) is 13.0 Å². The van der Waals surface area contributed by atoms with Gasteiger partial charge in [-0.05, 0) is 0 Å². The molecule has 0 saturated carbocycles. The molecule has 0 unspecified atom stereocenters. The molecule has 1 aromatic carbocycles. The number of hydrogen-bond acceptors (Lipinski definition) is 0. The summed E-state index contributed by atoms with van der Waals surface area (Å²) in [5.74, 6) is 0. The molecule has 0 radical (unpaired) electrons. The van der Waals surface area contributed by atoms with Crippen LogP contribution < -0.4 is 0 Å². The van der Waals surface area contributed by atoms with Crippen molar-refractivity contribution in [2.45, 2.75) is 32.6 Å². The maximum absolute atomic E-state index is 3.82. The van der Waals surface area contributed by atoms with Gasteiger partial charge in [0.2, 0.25) is 0 Å². The Hall–Kier alpha value is -0.0917. The average Bonchev–Trinajstić information content (AvgIpc) is 2.03. The molecule has 0 aliphatic rings. The van der Waals surface area contributed by atoms with E-state index in [4.69, 9.17) is 0 Å². The first-order valence-electron chi connectivity index (χ1n) is 4.34. The maximum Gasteiger partial charge on any atom is 2.00 e. The van der Waals surface area contributed by atoms with Gasteiger partial charge >= 0.3 is 21.1 Å². The topological polar surface area (TPSA) is 0 Å². The SMILES string of the molecule is [CH2-]Cc1[c-]cc(C(C)(C)C)cc1.[W+2]. The Morgan fingerprint density at radius 1 is 1.31 bits per heavy atom. The predicted octanol–water partition coefficient (Wildman–Crippen LogP) is 3.16. The average molecular weight is 344 g/mol. The Morgan fingerprint density at radius 2 is 1.92 bits per heavy atom.